The number of amides is 1. The Bertz CT molecular complexity index is 168. The molecule has 0 aliphatic heterocycles. The number of hydrogen-bond donors (Lipinski definition) is 3. The van der Waals surface area contributed by atoms with Crippen molar-refractivity contribution in [3.63, 3.8) is 0 Å². The summed E-state index contributed by atoms with van der Waals surface area (Å²) in [5, 5.41) is 10.4. The summed E-state index contributed by atoms with van der Waals surface area (Å²) >= 11 is 0. The summed E-state index contributed by atoms with van der Waals surface area (Å²) in [5.74, 6) is 0. The van der Waals surface area contributed by atoms with E-state index in [0.29, 0.717) is 46.2 Å². The maximum Gasteiger partial charge on any atom is 0.404 e. The molecule has 0 aromatic carbocycles. The third-order valence-corrected chi connectivity index (χ3v) is 1.53. The Hall–Kier alpha value is -0.890. The molecular weight excluding hydrogens is 216 g/mol. The predicted molar refractivity (Wildman–Crippen MR) is 57.5 cm³/mol. The SMILES string of the molecule is NCCOCCOCCOCCNC(=O)O. The average Bonchev–Trinajstić information content (AvgIpc) is 2.25. The van der Waals surface area contributed by atoms with Crippen molar-refractivity contribution < 1.29 is 24.1 Å². The molecule has 0 radical (unpaired) electrons. The van der Waals surface area contributed by atoms with Crippen LogP contribution in [0.25, 0.3) is 0 Å². The normalized spacial score (nSPS) is 10.3. The van der Waals surface area contributed by atoms with E-state index in [1.165, 1.54) is 0 Å². The van der Waals surface area contributed by atoms with Gasteiger partial charge in [0.1, 0.15) is 0 Å². The Morgan fingerprint density at radius 2 is 1.50 bits per heavy atom. The van der Waals surface area contributed by atoms with Gasteiger partial charge in [-0.1, -0.05) is 0 Å². The minimum absolute atomic E-state index is 0.287. The summed E-state index contributed by atoms with van der Waals surface area (Å²) in [6.45, 7) is 3.64. The lowest BCUT2D eigenvalue weighted by Gasteiger charge is -2.06. The van der Waals surface area contributed by atoms with Crippen LogP contribution in [0.2, 0.25) is 0 Å². The quantitative estimate of drug-likeness (QED) is 0.408. The van der Waals surface area contributed by atoms with Crippen LogP contribution < -0.4 is 11.1 Å². The van der Waals surface area contributed by atoms with Crippen LogP contribution in [0.3, 0.4) is 0 Å². The van der Waals surface area contributed by atoms with Crippen LogP contribution in [0.5, 0.6) is 0 Å². The van der Waals surface area contributed by atoms with Crippen molar-refractivity contribution in [2.75, 3.05) is 52.7 Å². The molecular formula is C9H20N2O5. The zero-order valence-electron chi connectivity index (χ0n) is 9.31. The highest BCUT2D eigenvalue weighted by molar-refractivity contribution is 5.64. The van der Waals surface area contributed by atoms with Crippen molar-refractivity contribution in [3.05, 3.63) is 0 Å². The first kappa shape index (κ1) is 15.1. The second-order valence-electron chi connectivity index (χ2n) is 2.86. The standard InChI is InChI=1S/C9H20N2O5/c10-1-3-14-5-7-16-8-6-15-4-2-11-9(12)13/h11H,1-8,10H2,(H,12,13). The van der Waals surface area contributed by atoms with E-state index in [1.54, 1.807) is 0 Å². The van der Waals surface area contributed by atoms with Gasteiger partial charge >= 0.3 is 6.09 Å². The molecule has 0 saturated carbocycles. The second-order valence-corrected chi connectivity index (χ2v) is 2.86. The number of nitrogens with one attached hydrogen (secondary N) is 1. The second kappa shape index (κ2) is 12.2. The van der Waals surface area contributed by atoms with E-state index in [0.717, 1.165) is 0 Å². The van der Waals surface area contributed by atoms with Gasteiger partial charge in [-0.25, -0.2) is 4.79 Å². The summed E-state index contributed by atoms with van der Waals surface area (Å²) in [5.41, 5.74) is 5.23. The molecule has 0 rings (SSSR count). The third kappa shape index (κ3) is 13.1. The summed E-state index contributed by atoms with van der Waals surface area (Å²) in [6, 6.07) is 0. The van der Waals surface area contributed by atoms with Crippen molar-refractivity contribution in [1.82, 2.24) is 5.32 Å². The number of carbonyl (C=O) groups is 1. The zero-order chi connectivity index (χ0) is 12.1. The van der Waals surface area contributed by atoms with Crippen LogP contribution in [0, 0.1) is 0 Å². The first-order valence-corrected chi connectivity index (χ1v) is 5.17. The van der Waals surface area contributed by atoms with Crippen molar-refractivity contribution in [1.29, 1.82) is 0 Å². The van der Waals surface area contributed by atoms with Crippen LogP contribution in [0.1, 0.15) is 0 Å². The molecule has 0 aliphatic rings. The molecule has 96 valence electrons. The topological polar surface area (TPSA) is 103 Å². The van der Waals surface area contributed by atoms with Crippen molar-refractivity contribution >= 4 is 6.09 Å². The van der Waals surface area contributed by atoms with Crippen molar-refractivity contribution in [2.45, 2.75) is 0 Å². The largest absolute Gasteiger partial charge is 0.465 e. The van der Waals surface area contributed by atoms with Gasteiger partial charge in [-0.05, 0) is 0 Å². The first-order valence-electron chi connectivity index (χ1n) is 5.17. The molecule has 0 atom stereocenters. The highest BCUT2D eigenvalue weighted by atomic mass is 16.5. The van der Waals surface area contributed by atoms with Gasteiger partial charge in [0, 0.05) is 13.1 Å². The Morgan fingerprint density at radius 3 is 2.00 bits per heavy atom. The Balaban J connectivity index is 2.90. The molecule has 4 N–H and O–H groups in total. The minimum atomic E-state index is -1.04. The van der Waals surface area contributed by atoms with E-state index in [9.17, 15) is 4.79 Å². The minimum Gasteiger partial charge on any atom is -0.465 e. The molecule has 16 heavy (non-hydrogen) atoms. The van der Waals surface area contributed by atoms with Gasteiger partial charge in [-0.2, -0.15) is 0 Å². The molecule has 0 saturated heterocycles. The lowest BCUT2D eigenvalue weighted by atomic mass is 10.6. The number of nitrogens with two attached hydrogens (primary N) is 1. The lowest BCUT2D eigenvalue weighted by molar-refractivity contribution is 0.0167. The fraction of sp³-hybridized carbons (Fsp3) is 0.889. The van der Waals surface area contributed by atoms with Gasteiger partial charge in [0.25, 0.3) is 0 Å². The molecule has 0 spiro atoms. The van der Waals surface area contributed by atoms with Gasteiger partial charge in [-0.3, -0.25) is 0 Å². The third-order valence-electron chi connectivity index (χ3n) is 1.53. The van der Waals surface area contributed by atoms with Gasteiger partial charge in [0.2, 0.25) is 0 Å². The number of ether oxygens (including phenoxy) is 3. The smallest absolute Gasteiger partial charge is 0.404 e. The van der Waals surface area contributed by atoms with E-state index in [-0.39, 0.29) is 6.54 Å². The summed E-state index contributed by atoms with van der Waals surface area (Å²) in [7, 11) is 0. The van der Waals surface area contributed by atoms with Gasteiger partial charge < -0.3 is 30.4 Å². The van der Waals surface area contributed by atoms with Crippen LogP contribution in [0.4, 0.5) is 4.79 Å². The van der Waals surface area contributed by atoms with Crippen LogP contribution >= 0.6 is 0 Å². The lowest BCUT2D eigenvalue weighted by Crippen LogP contribution is -2.25. The Labute approximate surface area is 94.8 Å². The fourth-order valence-electron chi connectivity index (χ4n) is 0.855. The maximum absolute atomic E-state index is 10.0. The van der Waals surface area contributed by atoms with Crippen LogP contribution in [0.15, 0.2) is 0 Å². The van der Waals surface area contributed by atoms with E-state index in [1.807, 2.05) is 0 Å². The molecule has 1 amide bonds. The van der Waals surface area contributed by atoms with Gasteiger partial charge in [-0.15, -0.1) is 0 Å². The number of carboxylic acid groups (broad SMARTS) is 1. The van der Waals surface area contributed by atoms with Gasteiger partial charge in [0.05, 0.1) is 39.6 Å². The van der Waals surface area contributed by atoms with E-state index < -0.39 is 6.09 Å². The van der Waals surface area contributed by atoms with Gasteiger partial charge in [0.15, 0.2) is 0 Å². The molecule has 0 unspecified atom stereocenters. The average molecular weight is 236 g/mol. The monoisotopic (exact) mass is 236 g/mol. The molecule has 0 bridgehead atoms. The summed E-state index contributed by atoms with van der Waals surface area (Å²) < 4.78 is 15.4. The molecule has 0 aliphatic carbocycles. The highest BCUT2D eigenvalue weighted by Crippen LogP contribution is 1.80. The summed E-state index contributed by atoms with van der Waals surface area (Å²) in [6.07, 6.45) is -1.04. The van der Waals surface area contributed by atoms with Crippen molar-refractivity contribution in [2.24, 2.45) is 5.73 Å². The van der Waals surface area contributed by atoms with Crippen LogP contribution in [-0.2, 0) is 14.2 Å². The summed E-state index contributed by atoms with van der Waals surface area (Å²) in [4.78, 5) is 10.0. The molecule has 0 heterocycles. The van der Waals surface area contributed by atoms with Crippen molar-refractivity contribution in [3.8, 4) is 0 Å². The predicted octanol–water partition coefficient (Wildman–Crippen LogP) is -0.737. The zero-order valence-corrected chi connectivity index (χ0v) is 9.31. The maximum atomic E-state index is 10.0. The van der Waals surface area contributed by atoms with E-state index in [2.05, 4.69) is 5.32 Å². The van der Waals surface area contributed by atoms with E-state index >= 15 is 0 Å². The van der Waals surface area contributed by atoms with E-state index in [4.69, 9.17) is 25.1 Å². The Kier molecular flexibility index (Phi) is 11.5. The molecule has 0 aromatic rings. The fourth-order valence-corrected chi connectivity index (χ4v) is 0.855. The number of rotatable bonds is 11. The molecule has 0 aromatic heterocycles. The highest BCUT2D eigenvalue weighted by Gasteiger charge is 1.93. The number of hydrogen-bond acceptors (Lipinski definition) is 5. The first-order chi connectivity index (χ1) is 7.77. The van der Waals surface area contributed by atoms with Crippen LogP contribution in [-0.4, -0.2) is 63.9 Å². The molecule has 7 nitrogen and oxygen atoms in total. The molecule has 0 fully saturated rings. The molecule has 7 heteroatoms. The Morgan fingerprint density at radius 1 is 1.00 bits per heavy atom.